The van der Waals surface area contributed by atoms with Crippen molar-refractivity contribution < 1.29 is 8.78 Å². The van der Waals surface area contributed by atoms with E-state index in [4.69, 9.17) is 5.26 Å². The fraction of sp³-hybridized carbons (Fsp3) is 0.133. The molecule has 18 heavy (non-hydrogen) atoms. The first-order chi connectivity index (χ1) is 8.54. The summed E-state index contributed by atoms with van der Waals surface area (Å²) in [7, 11) is 0. The van der Waals surface area contributed by atoms with Crippen LogP contribution in [0.3, 0.4) is 0 Å². The molecule has 0 saturated carbocycles. The second kappa shape index (κ2) is 4.58. The Bertz CT molecular complexity index is 631. The summed E-state index contributed by atoms with van der Waals surface area (Å²) >= 11 is 0. The minimum Gasteiger partial charge on any atom is -0.206 e. The zero-order valence-electron chi connectivity index (χ0n) is 10.1. The molecule has 0 aliphatic heterocycles. The molecule has 0 aliphatic rings. The van der Waals surface area contributed by atoms with Crippen LogP contribution in [0.1, 0.15) is 16.7 Å². The molecule has 0 heterocycles. The molecule has 0 N–H and O–H groups in total. The Hall–Kier alpha value is -2.21. The topological polar surface area (TPSA) is 23.8 Å². The van der Waals surface area contributed by atoms with Crippen molar-refractivity contribution in [2.45, 2.75) is 13.8 Å². The van der Waals surface area contributed by atoms with Crippen LogP contribution in [0.25, 0.3) is 11.1 Å². The van der Waals surface area contributed by atoms with Gasteiger partial charge in [-0.3, -0.25) is 0 Å². The Morgan fingerprint density at radius 1 is 1.06 bits per heavy atom. The Morgan fingerprint density at radius 2 is 1.78 bits per heavy atom. The lowest BCUT2D eigenvalue weighted by Gasteiger charge is -2.11. The smallest absolute Gasteiger partial charge is 0.141 e. The fourth-order valence-electron chi connectivity index (χ4n) is 2.10. The van der Waals surface area contributed by atoms with Crippen LogP contribution >= 0.6 is 0 Å². The third-order valence-corrected chi connectivity index (χ3v) is 2.83. The Balaban J connectivity index is 2.79. The highest BCUT2D eigenvalue weighted by molar-refractivity contribution is 5.74. The number of rotatable bonds is 1. The van der Waals surface area contributed by atoms with Gasteiger partial charge >= 0.3 is 0 Å². The van der Waals surface area contributed by atoms with Gasteiger partial charge in [-0.1, -0.05) is 18.2 Å². The summed E-state index contributed by atoms with van der Waals surface area (Å²) in [5.74, 6) is -1.07. The maximum atomic E-state index is 14.0. The molecule has 0 bridgehead atoms. The lowest BCUT2D eigenvalue weighted by Crippen LogP contribution is -1.95. The van der Waals surface area contributed by atoms with Crippen LogP contribution in [0.2, 0.25) is 0 Å². The first-order valence-electron chi connectivity index (χ1n) is 5.50. The van der Waals surface area contributed by atoms with Gasteiger partial charge in [0.25, 0.3) is 0 Å². The maximum Gasteiger partial charge on any atom is 0.141 e. The molecule has 0 radical (unpaired) electrons. The molecular formula is C15H11F2N. The van der Waals surface area contributed by atoms with Crippen molar-refractivity contribution in [3.63, 3.8) is 0 Å². The van der Waals surface area contributed by atoms with Crippen molar-refractivity contribution >= 4 is 0 Å². The zero-order valence-corrected chi connectivity index (χ0v) is 10.1. The van der Waals surface area contributed by atoms with E-state index < -0.39 is 11.6 Å². The number of halogens is 2. The third kappa shape index (κ3) is 1.98. The van der Waals surface area contributed by atoms with Gasteiger partial charge in [-0.05, 0) is 37.1 Å². The van der Waals surface area contributed by atoms with Crippen LogP contribution in [-0.4, -0.2) is 0 Å². The van der Waals surface area contributed by atoms with E-state index in [1.807, 2.05) is 6.07 Å². The SMILES string of the molecule is Cc1cc(C)c(-c2cccc(F)c2C#N)c(F)c1. The van der Waals surface area contributed by atoms with Crippen LogP contribution in [0.5, 0.6) is 0 Å². The monoisotopic (exact) mass is 243 g/mol. The van der Waals surface area contributed by atoms with Gasteiger partial charge in [0, 0.05) is 11.1 Å². The summed E-state index contributed by atoms with van der Waals surface area (Å²) < 4.78 is 27.5. The zero-order chi connectivity index (χ0) is 13.3. The molecule has 0 fully saturated rings. The molecule has 2 aromatic carbocycles. The standard InChI is InChI=1S/C15H11F2N/c1-9-6-10(2)15(14(17)7-9)11-4-3-5-13(16)12(11)8-18/h3-7H,1-2H3. The van der Waals surface area contributed by atoms with Gasteiger partial charge < -0.3 is 0 Å². The van der Waals surface area contributed by atoms with Crippen molar-refractivity contribution in [2.75, 3.05) is 0 Å². The molecule has 0 amide bonds. The molecule has 3 heteroatoms. The number of hydrogen-bond donors (Lipinski definition) is 0. The first kappa shape index (κ1) is 12.3. The largest absolute Gasteiger partial charge is 0.206 e. The number of aryl methyl sites for hydroxylation is 2. The summed E-state index contributed by atoms with van der Waals surface area (Å²) in [6.45, 7) is 3.54. The molecule has 2 aromatic rings. The summed E-state index contributed by atoms with van der Waals surface area (Å²) in [6.07, 6.45) is 0. The van der Waals surface area contributed by atoms with E-state index >= 15 is 0 Å². The second-order valence-electron chi connectivity index (χ2n) is 4.21. The Morgan fingerprint density at radius 3 is 2.39 bits per heavy atom. The third-order valence-electron chi connectivity index (χ3n) is 2.83. The van der Waals surface area contributed by atoms with Crippen molar-refractivity contribution in [1.82, 2.24) is 0 Å². The molecule has 0 saturated heterocycles. The van der Waals surface area contributed by atoms with Gasteiger partial charge in [0.05, 0.1) is 5.56 Å². The number of benzene rings is 2. The van der Waals surface area contributed by atoms with Crippen LogP contribution in [-0.2, 0) is 0 Å². The Labute approximate surface area is 104 Å². The summed E-state index contributed by atoms with van der Waals surface area (Å²) in [4.78, 5) is 0. The highest BCUT2D eigenvalue weighted by atomic mass is 19.1. The average molecular weight is 243 g/mol. The molecule has 0 unspecified atom stereocenters. The average Bonchev–Trinajstić information content (AvgIpc) is 2.27. The first-order valence-corrected chi connectivity index (χ1v) is 5.50. The van der Waals surface area contributed by atoms with E-state index in [0.29, 0.717) is 11.1 Å². The number of hydrogen-bond acceptors (Lipinski definition) is 1. The quantitative estimate of drug-likeness (QED) is 0.739. The number of nitriles is 1. The van der Waals surface area contributed by atoms with Crippen molar-refractivity contribution in [3.05, 3.63) is 58.7 Å². The summed E-state index contributed by atoms with van der Waals surface area (Å²) in [6, 6.07) is 9.22. The van der Waals surface area contributed by atoms with E-state index in [2.05, 4.69) is 0 Å². The molecule has 0 spiro atoms. The predicted molar refractivity (Wildman–Crippen MR) is 66.0 cm³/mol. The van der Waals surface area contributed by atoms with Gasteiger partial charge in [0.1, 0.15) is 17.7 Å². The van der Waals surface area contributed by atoms with E-state index in [0.717, 1.165) is 5.56 Å². The van der Waals surface area contributed by atoms with Crippen molar-refractivity contribution in [3.8, 4) is 17.2 Å². The minimum atomic E-state index is -0.630. The fourth-order valence-corrected chi connectivity index (χ4v) is 2.10. The van der Waals surface area contributed by atoms with Crippen LogP contribution < -0.4 is 0 Å². The molecule has 90 valence electrons. The lowest BCUT2D eigenvalue weighted by molar-refractivity contribution is 0.621. The summed E-state index contributed by atoms with van der Waals surface area (Å²) in [5, 5.41) is 8.98. The van der Waals surface area contributed by atoms with Gasteiger partial charge in [-0.25, -0.2) is 8.78 Å². The highest BCUT2D eigenvalue weighted by Gasteiger charge is 2.15. The Kier molecular flexibility index (Phi) is 3.12. The maximum absolute atomic E-state index is 14.0. The molecule has 2 rings (SSSR count). The van der Waals surface area contributed by atoms with E-state index in [1.165, 1.54) is 18.2 Å². The van der Waals surface area contributed by atoms with Gasteiger partial charge in [0.15, 0.2) is 0 Å². The van der Waals surface area contributed by atoms with Gasteiger partial charge in [-0.2, -0.15) is 5.26 Å². The number of nitrogens with zero attached hydrogens (tertiary/aromatic N) is 1. The van der Waals surface area contributed by atoms with E-state index in [-0.39, 0.29) is 11.1 Å². The molecule has 0 aromatic heterocycles. The van der Waals surface area contributed by atoms with Crippen molar-refractivity contribution in [1.29, 1.82) is 5.26 Å². The second-order valence-corrected chi connectivity index (χ2v) is 4.21. The van der Waals surface area contributed by atoms with Crippen LogP contribution in [0.15, 0.2) is 30.3 Å². The normalized spacial score (nSPS) is 10.2. The van der Waals surface area contributed by atoms with Crippen LogP contribution in [0.4, 0.5) is 8.78 Å². The predicted octanol–water partition coefficient (Wildman–Crippen LogP) is 4.12. The van der Waals surface area contributed by atoms with Crippen molar-refractivity contribution in [2.24, 2.45) is 0 Å². The minimum absolute atomic E-state index is 0.122. The lowest BCUT2D eigenvalue weighted by atomic mass is 9.94. The van der Waals surface area contributed by atoms with Gasteiger partial charge in [-0.15, -0.1) is 0 Å². The summed E-state index contributed by atoms with van der Waals surface area (Å²) in [5.41, 5.74) is 1.95. The molecule has 0 atom stereocenters. The van der Waals surface area contributed by atoms with Crippen LogP contribution in [0, 0.1) is 36.8 Å². The van der Waals surface area contributed by atoms with E-state index in [1.54, 1.807) is 26.0 Å². The molecule has 1 nitrogen and oxygen atoms in total. The van der Waals surface area contributed by atoms with Gasteiger partial charge in [0.2, 0.25) is 0 Å². The molecule has 0 aliphatic carbocycles. The highest BCUT2D eigenvalue weighted by Crippen LogP contribution is 2.31. The van der Waals surface area contributed by atoms with E-state index in [9.17, 15) is 8.78 Å². The molecular weight excluding hydrogens is 232 g/mol.